The van der Waals surface area contributed by atoms with Crippen molar-refractivity contribution in [3.05, 3.63) is 163 Å². The molecule has 2 atom stereocenters. The highest BCUT2D eigenvalue weighted by Crippen LogP contribution is 2.33. The molecule has 0 saturated carbocycles. The number of para-hydroxylation sites is 2. The molecule has 0 amide bonds. The lowest BCUT2D eigenvalue weighted by molar-refractivity contribution is 0.457. The van der Waals surface area contributed by atoms with Crippen LogP contribution in [-0.2, 0) is 16.4 Å². The smallest absolute Gasteiger partial charge is 0.263 e. The van der Waals surface area contributed by atoms with E-state index in [1.807, 2.05) is 54.6 Å². The van der Waals surface area contributed by atoms with E-state index < -0.39 is 15.8 Å². The van der Waals surface area contributed by atoms with Crippen LogP contribution in [0.3, 0.4) is 0 Å². The Kier molecular flexibility index (Phi) is 15.4. The van der Waals surface area contributed by atoms with Crippen LogP contribution < -0.4 is 35.5 Å². The van der Waals surface area contributed by atoms with Gasteiger partial charge in [-0.25, -0.2) is 57.7 Å². The Labute approximate surface area is 430 Å². The summed E-state index contributed by atoms with van der Waals surface area (Å²) in [5.41, 5.74) is 4.91. The first-order chi connectivity index (χ1) is 36.2. The molecule has 74 heavy (non-hydrogen) atoms. The zero-order valence-electron chi connectivity index (χ0n) is 39.6. The van der Waals surface area contributed by atoms with Gasteiger partial charge in [-0.1, -0.05) is 48.0 Å². The van der Waals surface area contributed by atoms with Gasteiger partial charge >= 0.3 is 0 Å². The fraction of sp³-hybridized carbons (Fsp3) is 0.212. The molecule has 22 heteroatoms. The minimum absolute atomic E-state index is 0.0222. The van der Waals surface area contributed by atoms with Crippen LogP contribution in [0.4, 0.5) is 22.0 Å². The first-order valence-electron chi connectivity index (χ1n) is 23.9. The van der Waals surface area contributed by atoms with Crippen LogP contribution >= 0.6 is 11.6 Å². The van der Waals surface area contributed by atoms with E-state index in [0.717, 1.165) is 80.3 Å². The third-order valence-corrected chi connectivity index (χ3v) is 13.7. The zero-order chi connectivity index (χ0) is 50.7. The molecule has 19 nitrogen and oxygen atoms in total. The molecule has 5 aromatic heterocycles. The molecule has 9 aromatic rings. The van der Waals surface area contributed by atoms with Gasteiger partial charge in [0, 0.05) is 74.8 Å². The Morgan fingerprint density at radius 3 is 1.81 bits per heavy atom. The van der Waals surface area contributed by atoms with E-state index in [2.05, 4.69) is 75.8 Å². The van der Waals surface area contributed by atoms with Crippen molar-refractivity contribution in [2.75, 3.05) is 41.5 Å². The van der Waals surface area contributed by atoms with Crippen molar-refractivity contribution in [3.63, 3.8) is 0 Å². The Hall–Kier alpha value is -8.24. The number of rotatable bonds is 15. The lowest BCUT2D eigenvalue weighted by Gasteiger charge is -2.23. The largest absolute Gasteiger partial charge is 0.437 e. The van der Waals surface area contributed by atoms with Gasteiger partial charge in [-0.05, 0) is 105 Å². The van der Waals surface area contributed by atoms with Crippen LogP contribution in [0.15, 0.2) is 145 Å². The van der Waals surface area contributed by atoms with E-state index in [4.69, 9.17) is 21.1 Å². The van der Waals surface area contributed by atoms with Crippen LogP contribution in [0.5, 0.6) is 23.3 Å². The number of aromatic nitrogens is 10. The number of ether oxygens (including phenoxy) is 2. The zero-order valence-corrected chi connectivity index (χ0v) is 41.2. The molecule has 0 aliphatic carbocycles. The molecular weight excluding hydrogens is 985 g/mol. The number of H-pyrrole nitrogens is 1. The molecular formula is C52H49ClFN15O4S. The molecule has 0 unspecified atom stereocenters. The molecule has 2 aliphatic rings. The molecule has 376 valence electrons. The van der Waals surface area contributed by atoms with Gasteiger partial charge in [0.15, 0.2) is 17.2 Å². The van der Waals surface area contributed by atoms with Crippen molar-refractivity contribution < 1.29 is 22.3 Å². The van der Waals surface area contributed by atoms with Gasteiger partial charge in [-0.3, -0.25) is 4.72 Å². The van der Waals surface area contributed by atoms with Crippen molar-refractivity contribution in [1.82, 2.24) is 60.5 Å². The van der Waals surface area contributed by atoms with Crippen LogP contribution in [0.1, 0.15) is 37.1 Å². The van der Waals surface area contributed by atoms with Crippen molar-refractivity contribution in [2.24, 2.45) is 0 Å². The van der Waals surface area contributed by atoms with Gasteiger partial charge < -0.3 is 35.7 Å². The van der Waals surface area contributed by atoms with Crippen LogP contribution in [-0.4, -0.2) is 96.5 Å². The summed E-state index contributed by atoms with van der Waals surface area (Å²) < 4.78 is 54.4. The van der Waals surface area contributed by atoms with Crippen LogP contribution in [0.2, 0.25) is 5.02 Å². The summed E-state index contributed by atoms with van der Waals surface area (Å²) in [5.74, 6) is 2.36. The standard InChI is InChI=1S/C27H26N8O.C25H23ClFN7O3S/c1-2-6-22-21(5-1)33-24(34-22)16-18-7-9-20(10-8-18)36-26-25(29-14-15-30-26)23-11-13-31-27(35-23)32-19-4-3-12-28-17-19;26-18-5-1-2-6-22(18)38(35,36)34-20-8-7-17(14-19(20)27)37-24-23(29-12-13-30-24)21-9-11-31-25(33-21)32-16-4-3-10-28-15-16/h1-2,5-11,13-15,19,28H,3-4,12,16-17H2,(H,33,34)(H,31,32,35);1-2,5-9,11-14,16,28,34H,3-4,10,15H2,(H,31,32,33)/t19-;16-/m00/s1. The van der Waals surface area contributed by atoms with E-state index in [-0.39, 0.29) is 33.3 Å². The van der Waals surface area contributed by atoms with Gasteiger partial charge in [0.05, 0.1) is 33.1 Å². The minimum Gasteiger partial charge on any atom is -0.437 e. The lowest BCUT2D eigenvalue weighted by atomic mass is 10.1. The summed E-state index contributed by atoms with van der Waals surface area (Å²) >= 11 is 5.99. The van der Waals surface area contributed by atoms with Crippen LogP contribution in [0, 0.1) is 5.82 Å². The summed E-state index contributed by atoms with van der Waals surface area (Å²) in [6.45, 7) is 3.77. The second-order valence-electron chi connectivity index (χ2n) is 17.2. The third kappa shape index (κ3) is 12.5. The number of aromatic amines is 1. The predicted molar refractivity (Wildman–Crippen MR) is 279 cm³/mol. The molecule has 2 saturated heterocycles. The minimum atomic E-state index is -4.11. The van der Waals surface area contributed by atoms with E-state index in [1.165, 1.54) is 42.7 Å². The quantitative estimate of drug-likeness (QED) is 0.0561. The number of halogens is 2. The number of anilines is 3. The Bertz CT molecular complexity index is 3440. The Balaban J connectivity index is 0.000000169. The normalized spacial score (nSPS) is 15.6. The van der Waals surface area contributed by atoms with E-state index >= 15 is 0 Å². The number of piperidine rings is 2. The van der Waals surface area contributed by atoms with Gasteiger partial charge in [0.1, 0.15) is 22.2 Å². The first-order valence-corrected chi connectivity index (χ1v) is 25.7. The fourth-order valence-corrected chi connectivity index (χ4v) is 9.86. The average Bonchev–Trinajstić information content (AvgIpc) is 3.84. The highest BCUT2D eigenvalue weighted by atomic mass is 35.5. The van der Waals surface area contributed by atoms with Crippen LogP contribution in [0.25, 0.3) is 33.8 Å². The number of nitrogens with one attached hydrogen (secondary N) is 6. The monoisotopic (exact) mass is 1030 g/mol. The molecule has 0 radical (unpaired) electrons. The van der Waals surface area contributed by atoms with E-state index in [1.54, 1.807) is 36.9 Å². The van der Waals surface area contributed by atoms with Crippen molar-refractivity contribution >= 4 is 50.2 Å². The summed E-state index contributed by atoms with van der Waals surface area (Å²) in [6, 6.07) is 29.6. The van der Waals surface area contributed by atoms with E-state index in [9.17, 15) is 12.8 Å². The molecule has 0 spiro atoms. The molecule has 6 N–H and O–H groups in total. The van der Waals surface area contributed by atoms with Gasteiger partial charge in [-0.15, -0.1) is 0 Å². The molecule has 0 bridgehead atoms. The van der Waals surface area contributed by atoms with Crippen molar-refractivity contribution in [3.8, 4) is 46.0 Å². The molecule has 4 aromatic carbocycles. The number of hydrogen-bond donors (Lipinski definition) is 6. The Morgan fingerprint density at radius 2 is 1.22 bits per heavy atom. The maximum atomic E-state index is 14.9. The highest BCUT2D eigenvalue weighted by Gasteiger charge is 2.22. The molecule has 2 fully saturated rings. The molecule has 7 heterocycles. The van der Waals surface area contributed by atoms with E-state index in [0.29, 0.717) is 58.8 Å². The summed E-state index contributed by atoms with van der Waals surface area (Å²) in [5, 5.41) is 13.5. The number of hydrogen-bond acceptors (Lipinski definition) is 17. The SMILES string of the molecule is O=S(=O)(Nc1ccc(Oc2nccnc2-c2ccnc(N[C@H]3CCCNC3)n2)cc1F)c1ccccc1Cl.c1ccc2[nH]c(Cc3ccc(Oc4nccnc4-c4ccnc(N[C@H]5CCCNC5)n4)cc3)nc2c1. The number of sulfonamides is 1. The fourth-order valence-electron chi connectivity index (χ4n) is 8.27. The average molecular weight is 1030 g/mol. The molecule has 2 aliphatic heterocycles. The number of imidazole rings is 1. The maximum Gasteiger partial charge on any atom is 0.263 e. The summed E-state index contributed by atoms with van der Waals surface area (Å²) in [4.78, 5) is 43.3. The second-order valence-corrected chi connectivity index (χ2v) is 19.3. The second kappa shape index (κ2) is 23.1. The first kappa shape index (κ1) is 49.3. The number of benzene rings is 4. The van der Waals surface area contributed by atoms with Gasteiger partial charge in [0.2, 0.25) is 23.7 Å². The highest BCUT2D eigenvalue weighted by molar-refractivity contribution is 7.92. The van der Waals surface area contributed by atoms with Crippen molar-refractivity contribution in [1.29, 1.82) is 0 Å². The summed E-state index contributed by atoms with van der Waals surface area (Å²) in [6.07, 6.45) is 14.5. The lowest BCUT2D eigenvalue weighted by Crippen LogP contribution is -2.38. The predicted octanol–water partition coefficient (Wildman–Crippen LogP) is 8.84. The number of nitrogens with zero attached hydrogens (tertiary/aromatic N) is 9. The topological polar surface area (TPSA) is 245 Å². The number of fused-ring (bicyclic) bond motifs is 1. The van der Waals surface area contributed by atoms with Gasteiger partial charge in [-0.2, -0.15) is 0 Å². The summed E-state index contributed by atoms with van der Waals surface area (Å²) in [7, 11) is -4.11. The maximum absolute atomic E-state index is 14.9. The third-order valence-electron chi connectivity index (χ3n) is 11.9. The van der Waals surface area contributed by atoms with Crippen molar-refractivity contribution in [2.45, 2.75) is 49.1 Å². The molecule has 11 rings (SSSR count). The Morgan fingerprint density at radius 1 is 0.635 bits per heavy atom. The van der Waals surface area contributed by atoms with Gasteiger partial charge in [0.25, 0.3) is 10.0 Å².